The first-order valence-corrected chi connectivity index (χ1v) is 5.28. The van der Waals surface area contributed by atoms with Gasteiger partial charge >= 0.3 is 0 Å². The monoisotopic (exact) mass is 228 g/mol. The first-order valence-electron chi connectivity index (χ1n) is 5.28. The van der Waals surface area contributed by atoms with E-state index in [1.165, 1.54) is 6.08 Å². The number of carbonyl (C=O) groups excluding carboxylic acids is 2. The lowest BCUT2D eigenvalue weighted by molar-refractivity contribution is -0.118. The summed E-state index contributed by atoms with van der Waals surface area (Å²) in [5.74, 6) is -0.361. The Bertz CT molecular complexity index is 542. The molecule has 1 amide bonds. The van der Waals surface area contributed by atoms with E-state index in [2.05, 4.69) is 4.99 Å². The zero-order chi connectivity index (χ0) is 12.4. The highest BCUT2D eigenvalue weighted by Crippen LogP contribution is 2.37. The molecule has 1 aromatic rings. The van der Waals surface area contributed by atoms with Crippen LogP contribution in [0.25, 0.3) is 0 Å². The summed E-state index contributed by atoms with van der Waals surface area (Å²) in [6, 6.07) is 7.60. The zero-order valence-electron chi connectivity index (χ0n) is 9.68. The maximum atomic E-state index is 12.0. The van der Waals surface area contributed by atoms with Crippen LogP contribution in [0.4, 0.5) is 5.69 Å². The Labute approximate surface area is 99.3 Å². The number of benzene rings is 1. The molecule has 1 heterocycles. The van der Waals surface area contributed by atoms with Gasteiger partial charge < -0.3 is 4.90 Å². The van der Waals surface area contributed by atoms with E-state index in [1.807, 2.05) is 24.3 Å². The first-order chi connectivity index (χ1) is 8.15. The molecule has 1 aliphatic rings. The van der Waals surface area contributed by atoms with E-state index < -0.39 is 0 Å². The predicted octanol–water partition coefficient (Wildman–Crippen LogP) is 1.99. The molecule has 1 unspecified atom stereocenters. The highest BCUT2D eigenvalue weighted by Gasteiger charge is 2.33. The van der Waals surface area contributed by atoms with Gasteiger partial charge in [-0.3, -0.25) is 4.79 Å². The van der Waals surface area contributed by atoms with E-state index >= 15 is 0 Å². The van der Waals surface area contributed by atoms with Crippen molar-refractivity contribution in [3.63, 3.8) is 0 Å². The Morgan fingerprint density at radius 1 is 1.47 bits per heavy atom. The van der Waals surface area contributed by atoms with Gasteiger partial charge in [0.05, 0.1) is 5.92 Å². The fourth-order valence-electron chi connectivity index (χ4n) is 2.03. The minimum absolute atomic E-state index is 0.00773. The van der Waals surface area contributed by atoms with Gasteiger partial charge in [0, 0.05) is 18.4 Å². The van der Waals surface area contributed by atoms with Crippen molar-refractivity contribution in [1.29, 1.82) is 0 Å². The molecule has 0 radical (unpaired) electrons. The van der Waals surface area contributed by atoms with Gasteiger partial charge in [0.2, 0.25) is 12.0 Å². The van der Waals surface area contributed by atoms with Gasteiger partial charge in [-0.1, -0.05) is 18.2 Å². The second-order valence-electron chi connectivity index (χ2n) is 3.94. The molecule has 0 saturated carbocycles. The largest absolute Gasteiger partial charge is 0.314 e. The van der Waals surface area contributed by atoms with E-state index in [4.69, 9.17) is 0 Å². The minimum Gasteiger partial charge on any atom is -0.314 e. The second kappa shape index (κ2) is 4.36. The Kier molecular flexibility index (Phi) is 2.90. The first kappa shape index (κ1) is 11.3. The van der Waals surface area contributed by atoms with E-state index in [1.54, 1.807) is 24.9 Å². The number of isocyanates is 1. The van der Waals surface area contributed by atoms with Crippen molar-refractivity contribution in [2.75, 3.05) is 11.9 Å². The Balaban J connectivity index is 2.46. The summed E-state index contributed by atoms with van der Waals surface area (Å²) in [6.07, 6.45) is 3.16. The number of aliphatic imine (C=N–C) groups is 1. The molecule has 0 fully saturated rings. The summed E-state index contributed by atoms with van der Waals surface area (Å²) in [4.78, 5) is 27.3. The van der Waals surface area contributed by atoms with Crippen LogP contribution in [-0.2, 0) is 9.59 Å². The predicted molar refractivity (Wildman–Crippen MR) is 64.5 cm³/mol. The van der Waals surface area contributed by atoms with Crippen LogP contribution < -0.4 is 4.90 Å². The SMILES string of the molecule is C/C(=C/C1C(=O)N(C)c2ccccc21)N=C=O. The molecule has 2 rings (SSSR count). The number of allylic oxidation sites excluding steroid dienone is 1. The molecule has 1 aliphatic heterocycles. The number of amides is 1. The fraction of sp³-hybridized carbons (Fsp3) is 0.231. The zero-order valence-corrected chi connectivity index (χ0v) is 9.68. The Hall–Kier alpha value is -2.19. The molecule has 0 saturated heterocycles. The summed E-state index contributed by atoms with van der Waals surface area (Å²) < 4.78 is 0. The highest BCUT2D eigenvalue weighted by atomic mass is 16.2. The van der Waals surface area contributed by atoms with Crippen molar-refractivity contribution >= 4 is 17.7 Å². The number of hydrogen-bond donors (Lipinski definition) is 0. The highest BCUT2D eigenvalue weighted by molar-refractivity contribution is 6.05. The number of fused-ring (bicyclic) bond motifs is 1. The van der Waals surface area contributed by atoms with Gasteiger partial charge in [0.25, 0.3) is 0 Å². The maximum Gasteiger partial charge on any atom is 0.240 e. The van der Waals surface area contributed by atoms with Crippen molar-refractivity contribution < 1.29 is 9.59 Å². The molecule has 1 atom stereocenters. The van der Waals surface area contributed by atoms with Crippen molar-refractivity contribution in [1.82, 2.24) is 0 Å². The molecule has 4 heteroatoms. The number of carbonyl (C=O) groups is 1. The summed E-state index contributed by atoms with van der Waals surface area (Å²) in [6.45, 7) is 1.68. The lowest BCUT2D eigenvalue weighted by atomic mass is 10.00. The molecule has 0 N–H and O–H groups in total. The van der Waals surface area contributed by atoms with Gasteiger partial charge in [-0.25, -0.2) is 4.79 Å². The standard InChI is InChI=1S/C13H12N2O2/c1-9(14-8-16)7-11-10-5-3-4-6-12(10)15(2)13(11)17/h3-7,11H,1-2H3/b9-7-. The molecule has 86 valence electrons. The van der Waals surface area contributed by atoms with Crippen LogP contribution in [0.2, 0.25) is 0 Å². The smallest absolute Gasteiger partial charge is 0.240 e. The lowest BCUT2D eigenvalue weighted by Crippen LogP contribution is -2.23. The van der Waals surface area contributed by atoms with Crippen LogP contribution in [0.3, 0.4) is 0 Å². The summed E-state index contributed by atoms with van der Waals surface area (Å²) in [5, 5.41) is 0. The van der Waals surface area contributed by atoms with Crippen molar-refractivity contribution in [3.05, 3.63) is 41.6 Å². The molecule has 0 aromatic heterocycles. The van der Waals surface area contributed by atoms with Crippen LogP contribution in [-0.4, -0.2) is 19.0 Å². The normalized spacial score (nSPS) is 18.9. The number of anilines is 1. The molecule has 1 aromatic carbocycles. The lowest BCUT2D eigenvalue weighted by Gasteiger charge is -2.09. The Morgan fingerprint density at radius 2 is 2.18 bits per heavy atom. The van der Waals surface area contributed by atoms with Gasteiger partial charge in [0.1, 0.15) is 0 Å². The quantitative estimate of drug-likeness (QED) is 0.574. The summed E-state index contributed by atoms with van der Waals surface area (Å²) in [7, 11) is 1.74. The van der Waals surface area contributed by atoms with E-state index in [9.17, 15) is 9.59 Å². The van der Waals surface area contributed by atoms with Gasteiger partial charge in [-0.15, -0.1) is 0 Å². The molecule has 0 spiro atoms. The number of hydrogen-bond acceptors (Lipinski definition) is 3. The van der Waals surface area contributed by atoms with Gasteiger partial charge in [0.15, 0.2) is 0 Å². The van der Waals surface area contributed by atoms with E-state index in [0.717, 1.165) is 11.3 Å². The Morgan fingerprint density at radius 3 is 2.88 bits per heavy atom. The van der Waals surface area contributed by atoms with E-state index in [0.29, 0.717) is 5.70 Å². The van der Waals surface area contributed by atoms with Crippen molar-refractivity contribution in [3.8, 4) is 0 Å². The number of likely N-dealkylation sites (N-methyl/N-ethyl adjacent to an activating group) is 1. The molecule has 4 nitrogen and oxygen atoms in total. The minimum atomic E-state index is -0.353. The number of para-hydroxylation sites is 1. The third-order valence-electron chi connectivity index (χ3n) is 2.86. The maximum absolute atomic E-state index is 12.0. The topological polar surface area (TPSA) is 49.7 Å². The average Bonchev–Trinajstić information content (AvgIpc) is 2.56. The number of nitrogens with zero attached hydrogens (tertiary/aromatic N) is 2. The van der Waals surface area contributed by atoms with Crippen LogP contribution in [0.5, 0.6) is 0 Å². The van der Waals surface area contributed by atoms with E-state index in [-0.39, 0.29) is 11.8 Å². The van der Waals surface area contributed by atoms with Crippen molar-refractivity contribution in [2.24, 2.45) is 4.99 Å². The second-order valence-corrected chi connectivity index (χ2v) is 3.94. The summed E-state index contributed by atoms with van der Waals surface area (Å²) >= 11 is 0. The molecule has 17 heavy (non-hydrogen) atoms. The molecular weight excluding hydrogens is 216 g/mol. The average molecular weight is 228 g/mol. The fourth-order valence-corrected chi connectivity index (χ4v) is 2.03. The third kappa shape index (κ3) is 1.90. The van der Waals surface area contributed by atoms with Gasteiger partial charge in [-0.05, 0) is 24.6 Å². The van der Waals surface area contributed by atoms with Crippen LogP contribution in [0, 0.1) is 0 Å². The number of rotatable bonds is 2. The third-order valence-corrected chi connectivity index (χ3v) is 2.86. The molecule has 0 bridgehead atoms. The summed E-state index contributed by atoms with van der Waals surface area (Å²) in [5.41, 5.74) is 2.35. The van der Waals surface area contributed by atoms with Crippen LogP contribution in [0.1, 0.15) is 18.4 Å². The van der Waals surface area contributed by atoms with Gasteiger partial charge in [-0.2, -0.15) is 4.99 Å². The van der Waals surface area contributed by atoms with Crippen LogP contribution in [0.15, 0.2) is 41.0 Å². The molecular formula is C13H12N2O2. The molecule has 0 aliphatic carbocycles. The van der Waals surface area contributed by atoms with Crippen LogP contribution >= 0.6 is 0 Å². The van der Waals surface area contributed by atoms with Crippen molar-refractivity contribution in [2.45, 2.75) is 12.8 Å².